The van der Waals surface area contributed by atoms with Crippen molar-refractivity contribution < 1.29 is 0 Å². The van der Waals surface area contributed by atoms with Crippen LogP contribution in [0.3, 0.4) is 0 Å². The van der Waals surface area contributed by atoms with E-state index in [2.05, 4.69) is 25.6 Å². The van der Waals surface area contributed by atoms with Gasteiger partial charge in [0.15, 0.2) is 0 Å². The summed E-state index contributed by atoms with van der Waals surface area (Å²) in [5.74, 6) is 1.52. The molecule has 0 atom stereocenters. The lowest BCUT2D eigenvalue weighted by molar-refractivity contribution is 0.744. The average molecular weight is 360 g/mol. The van der Waals surface area contributed by atoms with Crippen LogP contribution in [0.15, 0.2) is 55.0 Å². The van der Waals surface area contributed by atoms with Crippen LogP contribution in [-0.2, 0) is 6.42 Å². The van der Waals surface area contributed by atoms with Crippen molar-refractivity contribution in [3.05, 3.63) is 60.7 Å². The fraction of sp³-hybridized carbons (Fsp3) is 0.333. The highest BCUT2D eigenvalue weighted by Crippen LogP contribution is 2.24. The summed E-state index contributed by atoms with van der Waals surface area (Å²) in [6, 6.07) is 12.4. The predicted octanol–water partition coefficient (Wildman–Crippen LogP) is 3.94. The van der Waals surface area contributed by atoms with Gasteiger partial charge in [0.2, 0.25) is 5.95 Å². The van der Waals surface area contributed by atoms with E-state index in [1.54, 1.807) is 12.4 Å². The van der Waals surface area contributed by atoms with E-state index in [0.29, 0.717) is 12.0 Å². The molecule has 0 aliphatic heterocycles. The van der Waals surface area contributed by atoms with Gasteiger partial charge in [-0.05, 0) is 37.1 Å². The maximum absolute atomic E-state index is 4.73. The molecule has 1 aliphatic rings. The molecule has 3 aromatic heterocycles. The van der Waals surface area contributed by atoms with Crippen LogP contribution in [0.5, 0.6) is 0 Å². The molecule has 6 nitrogen and oxygen atoms in total. The molecule has 138 valence electrons. The smallest absolute Gasteiger partial charge is 0.225 e. The molecule has 0 unspecified atom stereocenters. The summed E-state index contributed by atoms with van der Waals surface area (Å²) in [6.45, 7) is 0.771. The first-order valence-electron chi connectivity index (χ1n) is 9.56. The van der Waals surface area contributed by atoms with Crippen molar-refractivity contribution in [2.45, 2.75) is 38.1 Å². The van der Waals surface area contributed by atoms with Gasteiger partial charge in [-0.2, -0.15) is 4.98 Å². The van der Waals surface area contributed by atoms with Crippen LogP contribution in [0, 0.1) is 0 Å². The number of hydrogen-bond donors (Lipinski definition) is 2. The number of aromatic nitrogens is 4. The lowest BCUT2D eigenvalue weighted by Gasteiger charge is -2.15. The van der Waals surface area contributed by atoms with Crippen LogP contribution in [-0.4, -0.2) is 32.5 Å². The van der Waals surface area contributed by atoms with Crippen LogP contribution in [0.4, 0.5) is 11.8 Å². The molecule has 6 heteroatoms. The van der Waals surface area contributed by atoms with Crippen LogP contribution < -0.4 is 10.6 Å². The second-order valence-electron chi connectivity index (χ2n) is 6.82. The lowest BCUT2D eigenvalue weighted by Crippen LogP contribution is -2.18. The van der Waals surface area contributed by atoms with Crippen LogP contribution in [0.1, 0.15) is 31.4 Å². The van der Waals surface area contributed by atoms with Crippen LogP contribution >= 0.6 is 0 Å². The van der Waals surface area contributed by atoms with Crippen molar-refractivity contribution in [2.24, 2.45) is 0 Å². The number of anilines is 2. The molecule has 0 radical (unpaired) electrons. The van der Waals surface area contributed by atoms with Gasteiger partial charge >= 0.3 is 0 Å². The van der Waals surface area contributed by atoms with Crippen molar-refractivity contribution in [2.75, 3.05) is 17.2 Å². The number of nitrogens with zero attached hydrogens (tertiary/aromatic N) is 4. The third kappa shape index (κ3) is 4.78. The van der Waals surface area contributed by atoms with E-state index in [1.807, 2.05) is 42.6 Å². The Morgan fingerprint density at radius 1 is 0.963 bits per heavy atom. The van der Waals surface area contributed by atoms with Gasteiger partial charge in [-0.25, -0.2) is 4.98 Å². The van der Waals surface area contributed by atoms with E-state index in [1.165, 1.54) is 25.7 Å². The standard InChI is InChI=1S/C21H24N6/c1-2-7-18(6-1)25-21-26-19(16-8-12-22-13-9-16)15-20(27-21)24-14-10-17-5-3-4-11-23-17/h3-5,8-9,11-13,15,18H,1-2,6-7,10,14H2,(H2,24,25,26,27). The number of nitrogens with one attached hydrogen (secondary N) is 2. The Kier molecular flexibility index (Phi) is 5.53. The topological polar surface area (TPSA) is 75.6 Å². The van der Waals surface area contributed by atoms with Gasteiger partial charge in [-0.1, -0.05) is 18.9 Å². The van der Waals surface area contributed by atoms with E-state index in [0.717, 1.165) is 35.7 Å². The van der Waals surface area contributed by atoms with E-state index in [4.69, 9.17) is 4.98 Å². The summed E-state index contributed by atoms with van der Waals surface area (Å²) >= 11 is 0. The first-order chi connectivity index (χ1) is 13.4. The maximum atomic E-state index is 4.73. The molecule has 0 amide bonds. The number of hydrogen-bond acceptors (Lipinski definition) is 6. The lowest BCUT2D eigenvalue weighted by atomic mass is 10.2. The van der Waals surface area contributed by atoms with E-state index in [9.17, 15) is 0 Å². The third-order valence-electron chi connectivity index (χ3n) is 4.80. The molecule has 27 heavy (non-hydrogen) atoms. The molecule has 0 aromatic carbocycles. The molecule has 1 aliphatic carbocycles. The fourth-order valence-corrected chi connectivity index (χ4v) is 3.39. The first-order valence-corrected chi connectivity index (χ1v) is 9.56. The Morgan fingerprint density at radius 2 is 1.81 bits per heavy atom. The Balaban J connectivity index is 1.51. The van der Waals surface area contributed by atoms with Crippen LogP contribution in [0.25, 0.3) is 11.3 Å². The predicted molar refractivity (Wildman–Crippen MR) is 108 cm³/mol. The zero-order valence-electron chi connectivity index (χ0n) is 15.3. The Labute approximate surface area is 159 Å². The van der Waals surface area contributed by atoms with Crippen molar-refractivity contribution in [3.63, 3.8) is 0 Å². The zero-order valence-corrected chi connectivity index (χ0v) is 15.3. The molecule has 2 N–H and O–H groups in total. The molecule has 4 rings (SSSR count). The van der Waals surface area contributed by atoms with Gasteiger partial charge in [-0.15, -0.1) is 0 Å². The van der Waals surface area contributed by atoms with Crippen molar-refractivity contribution in [1.29, 1.82) is 0 Å². The quantitative estimate of drug-likeness (QED) is 0.665. The molecular formula is C21H24N6. The number of pyridine rings is 2. The maximum Gasteiger partial charge on any atom is 0.225 e. The van der Waals surface area contributed by atoms with Gasteiger partial charge in [-0.3, -0.25) is 9.97 Å². The van der Waals surface area contributed by atoms with Crippen molar-refractivity contribution in [1.82, 2.24) is 19.9 Å². The highest BCUT2D eigenvalue weighted by atomic mass is 15.2. The Bertz CT molecular complexity index is 847. The van der Waals surface area contributed by atoms with Gasteiger partial charge < -0.3 is 10.6 Å². The monoisotopic (exact) mass is 360 g/mol. The van der Waals surface area contributed by atoms with E-state index < -0.39 is 0 Å². The van der Waals surface area contributed by atoms with Gasteiger partial charge in [0.25, 0.3) is 0 Å². The second kappa shape index (κ2) is 8.58. The SMILES string of the molecule is c1ccc(CCNc2cc(-c3ccncc3)nc(NC3CCCC3)n2)nc1. The summed E-state index contributed by atoms with van der Waals surface area (Å²) in [5.41, 5.74) is 3.00. The Morgan fingerprint density at radius 3 is 2.59 bits per heavy atom. The average Bonchev–Trinajstić information content (AvgIpc) is 3.22. The highest BCUT2D eigenvalue weighted by Gasteiger charge is 2.16. The normalized spacial score (nSPS) is 14.2. The number of rotatable bonds is 7. The summed E-state index contributed by atoms with van der Waals surface area (Å²) in [6.07, 6.45) is 11.2. The minimum Gasteiger partial charge on any atom is -0.369 e. The van der Waals surface area contributed by atoms with Crippen molar-refractivity contribution in [3.8, 4) is 11.3 Å². The molecule has 3 aromatic rings. The molecule has 1 saturated carbocycles. The van der Waals surface area contributed by atoms with Gasteiger partial charge in [0.05, 0.1) is 5.69 Å². The minimum absolute atomic E-state index is 0.471. The highest BCUT2D eigenvalue weighted by molar-refractivity contribution is 5.64. The van der Waals surface area contributed by atoms with Crippen LogP contribution in [0.2, 0.25) is 0 Å². The third-order valence-corrected chi connectivity index (χ3v) is 4.80. The van der Waals surface area contributed by atoms with Crippen molar-refractivity contribution >= 4 is 11.8 Å². The molecule has 0 spiro atoms. The molecule has 0 saturated heterocycles. The molecule has 3 heterocycles. The zero-order chi connectivity index (χ0) is 18.3. The van der Waals surface area contributed by atoms with E-state index in [-0.39, 0.29) is 0 Å². The second-order valence-corrected chi connectivity index (χ2v) is 6.82. The summed E-state index contributed by atoms with van der Waals surface area (Å²) in [5, 5.41) is 6.93. The molecular weight excluding hydrogens is 336 g/mol. The first kappa shape index (κ1) is 17.4. The molecule has 1 fully saturated rings. The van der Waals surface area contributed by atoms with Gasteiger partial charge in [0, 0.05) is 54.9 Å². The molecule has 0 bridgehead atoms. The summed E-state index contributed by atoms with van der Waals surface area (Å²) < 4.78 is 0. The fourth-order valence-electron chi connectivity index (χ4n) is 3.39. The summed E-state index contributed by atoms with van der Waals surface area (Å²) in [7, 11) is 0. The largest absolute Gasteiger partial charge is 0.369 e. The van der Waals surface area contributed by atoms with Gasteiger partial charge in [0.1, 0.15) is 5.82 Å². The summed E-state index contributed by atoms with van der Waals surface area (Å²) in [4.78, 5) is 17.9. The Hall–Kier alpha value is -3.02. The van der Waals surface area contributed by atoms with E-state index >= 15 is 0 Å². The minimum atomic E-state index is 0.471.